The number of β-amino-alcohol motifs (C(OH)–C–C–N with tert-alkyl or cyclic N) is 1. The monoisotopic (exact) mass is 197 g/mol. The van der Waals surface area contributed by atoms with Gasteiger partial charge in [-0.05, 0) is 25.7 Å². The van der Waals surface area contributed by atoms with Crippen LogP contribution in [0.4, 0.5) is 0 Å². The van der Waals surface area contributed by atoms with Gasteiger partial charge in [0.1, 0.15) is 0 Å². The van der Waals surface area contributed by atoms with Crippen LogP contribution in [0.15, 0.2) is 0 Å². The third kappa shape index (κ3) is 1.96. The third-order valence-electron chi connectivity index (χ3n) is 3.95. The molecule has 0 radical (unpaired) electrons. The molecule has 14 heavy (non-hydrogen) atoms. The van der Waals surface area contributed by atoms with Gasteiger partial charge < -0.3 is 5.11 Å². The largest absolute Gasteiger partial charge is 0.388 e. The predicted molar refractivity (Wildman–Crippen MR) is 58.2 cm³/mol. The van der Waals surface area contributed by atoms with Gasteiger partial charge in [0.05, 0.1) is 5.60 Å². The van der Waals surface area contributed by atoms with Gasteiger partial charge in [0, 0.05) is 19.1 Å². The molecular formula is C12H23NO. The molecule has 1 aliphatic heterocycles. The van der Waals surface area contributed by atoms with Crippen LogP contribution in [0.3, 0.4) is 0 Å². The molecule has 82 valence electrons. The van der Waals surface area contributed by atoms with Gasteiger partial charge in [0.25, 0.3) is 0 Å². The Kier molecular flexibility index (Phi) is 2.85. The minimum Gasteiger partial charge on any atom is -0.388 e. The summed E-state index contributed by atoms with van der Waals surface area (Å²) in [5.74, 6) is 0.889. The van der Waals surface area contributed by atoms with Gasteiger partial charge in [-0.3, -0.25) is 4.90 Å². The maximum Gasteiger partial charge on any atom is 0.0872 e. The summed E-state index contributed by atoms with van der Waals surface area (Å²) in [4.78, 5) is 2.49. The Morgan fingerprint density at radius 3 is 2.50 bits per heavy atom. The normalized spacial score (nSPS) is 37.9. The zero-order valence-electron chi connectivity index (χ0n) is 9.50. The zero-order valence-corrected chi connectivity index (χ0v) is 9.50. The van der Waals surface area contributed by atoms with Crippen molar-refractivity contribution >= 4 is 0 Å². The van der Waals surface area contributed by atoms with E-state index in [9.17, 15) is 5.11 Å². The summed E-state index contributed by atoms with van der Waals surface area (Å²) in [6.45, 7) is 6.05. The lowest BCUT2D eigenvalue weighted by molar-refractivity contribution is -0.117. The average molecular weight is 197 g/mol. The van der Waals surface area contributed by atoms with Crippen LogP contribution in [-0.2, 0) is 0 Å². The van der Waals surface area contributed by atoms with Crippen LogP contribution >= 0.6 is 0 Å². The topological polar surface area (TPSA) is 23.5 Å². The molecule has 2 atom stereocenters. The summed E-state index contributed by atoms with van der Waals surface area (Å²) in [5.41, 5.74) is -0.393. The summed E-state index contributed by atoms with van der Waals surface area (Å²) in [6, 6.07) is 0.772. The van der Waals surface area contributed by atoms with Crippen molar-refractivity contribution in [3.8, 4) is 0 Å². The second-order valence-electron chi connectivity index (χ2n) is 5.42. The van der Waals surface area contributed by atoms with E-state index in [2.05, 4.69) is 11.8 Å². The van der Waals surface area contributed by atoms with Gasteiger partial charge in [0.15, 0.2) is 0 Å². The lowest BCUT2D eigenvalue weighted by Gasteiger charge is -2.51. The molecule has 2 heteroatoms. The standard InChI is InChI=1S/C12H23NO/c1-3-10-6-4-5-7-11(10)13-8-12(2,14)9-13/h10-11,14H,3-9H2,1-2H3. The first-order valence-electron chi connectivity index (χ1n) is 6.09. The predicted octanol–water partition coefficient (Wildman–Crippen LogP) is 2.02. The van der Waals surface area contributed by atoms with Crippen molar-refractivity contribution in [2.24, 2.45) is 5.92 Å². The maximum atomic E-state index is 9.73. The highest BCUT2D eigenvalue weighted by atomic mass is 16.3. The van der Waals surface area contributed by atoms with Crippen molar-refractivity contribution in [3.05, 3.63) is 0 Å². The van der Waals surface area contributed by atoms with Gasteiger partial charge in [0.2, 0.25) is 0 Å². The fourth-order valence-electron chi connectivity index (χ4n) is 3.21. The van der Waals surface area contributed by atoms with Crippen LogP contribution in [0.2, 0.25) is 0 Å². The number of hydrogen-bond acceptors (Lipinski definition) is 2. The molecule has 0 spiro atoms. The maximum absolute atomic E-state index is 9.73. The van der Waals surface area contributed by atoms with E-state index >= 15 is 0 Å². The van der Waals surface area contributed by atoms with Gasteiger partial charge in [-0.2, -0.15) is 0 Å². The Hall–Kier alpha value is -0.0800. The number of likely N-dealkylation sites (tertiary alicyclic amines) is 1. The van der Waals surface area contributed by atoms with E-state index in [0.29, 0.717) is 0 Å². The minimum absolute atomic E-state index is 0.393. The van der Waals surface area contributed by atoms with Crippen LogP contribution in [0.1, 0.15) is 46.0 Å². The van der Waals surface area contributed by atoms with Crippen LogP contribution in [-0.4, -0.2) is 34.7 Å². The average Bonchev–Trinajstić information content (AvgIpc) is 2.14. The third-order valence-corrected chi connectivity index (χ3v) is 3.95. The summed E-state index contributed by atoms with van der Waals surface area (Å²) < 4.78 is 0. The van der Waals surface area contributed by atoms with Crippen molar-refractivity contribution in [1.29, 1.82) is 0 Å². The molecule has 0 aromatic heterocycles. The minimum atomic E-state index is -0.393. The lowest BCUT2D eigenvalue weighted by atomic mass is 9.79. The van der Waals surface area contributed by atoms with Gasteiger partial charge >= 0.3 is 0 Å². The van der Waals surface area contributed by atoms with E-state index in [4.69, 9.17) is 0 Å². The number of aliphatic hydroxyl groups is 1. The Morgan fingerprint density at radius 2 is 1.93 bits per heavy atom. The highest BCUT2D eigenvalue weighted by molar-refractivity contribution is 4.97. The van der Waals surface area contributed by atoms with Gasteiger partial charge in [-0.1, -0.05) is 26.2 Å². The molecule has 2 rings (SSSR count). The first kappa shape index (κ1) is 10.4. The molecule has 1 saturated carbocycles. The van der Waals surface area contributed by atoms with E-state index in [1.165, 1.54) is 32.1 Å². The highest BCUT2D eigenvalue weighted by Crippen LogP contribution is 2.35. The van der Waals surface area contributed by atoms with Crippen molar-refractivity contribution in [3.63, 3.8) is 0 Å². The first-order valence-corrected chi connectivity index (χ1v) is 6.09. The Morgan fingerprint density at radius 1 is 1.29 bits per heavy atom. The summed E-state index contributed by atoms with van der Waals surface area (Å²) >= 11 is 0. The van der Waals surface area contributed by atoms with Crippen molar-refractivity contribution < 1.29 is 5.11 Å². The van der Waals surface area contributed by atoms with E-state index in [-0.39, 0.29) is 0 Å². The molecule has 1 aliphatic carbocycles. The molecule has 1 heterocycles. The fourth-order valence-corrected chi connectivity index (χ4v) is 3.21. The molecule has 2 fully saturated rings. The molecular weight excluding hydrogens is 174 g/mol. The Labute approximate surface area is 87.3 Å². The van der Waals surface area contributed by atoms with E-state index < -0.39 is 5.60 Å². The lowest BCUT2D eigenvalue weighted by Crippen LogP contribution is -2.64. The first-order chi connectivity index (χ1) is 6.62. The number of nitrogens with zero attached hydrogens (tertiary/aromatic N) is 1. The number of rotatable bonds is 2. The second-order valence-corrected chi connectivity index (χ2v) is 5.42. The summed E-state index contributed by atoms with van der Waals surface area (Å²) in [7, 11) is 0. The van der Waals surface area contributed by atoms with Gasteiger partial charge in [-0.15, -0.1) is 0 Å². The highest BCUT2D eigenvalue weighted by Gasteiger charge is 2.42. The molecule has 0 aromatic rings. The summed E-state index contributed by atoms with van der Waals surface area (Å²) in [6.07, 6.45) is 6.87. The van der Waals surface area contributed by atoms with Crippen molar-refractivity contribution in [1.82, 2.24) is 4.90 Å². The van der Waals surface area contributed by atoms with Crippen LogP contribution in [0, 0.1) is 5.92 Å². The van der Waals surface area contributed by atoms with Gasteiger partial charge in [-0.25, -0.2) is 0 Å². The SMILES string of the molecule is CCC1CCCCC1N1CC(C)(O)C1. The van der Waals surface area contributed by atoms with E-state index in [0.717, 1.165) is 25.0 Å². The van der Waals surface area contributed by atoms with Crippen LogP contribution in [0.5, 0.6) is 0 Å². The van der Waals surface area contributed by atoms with Crippen LogP contribution < -0.4 is 0 Å². The zero-order chi connectivity index (χ0) is 10.2. The molecule has 0 bridgehead atoms. The quantitative estimate of drug-likeness (QED) is 0.732. The fraction of sp³-hybridized carbons (Fsp3) is 1.00. The molecule has 1 N–H and O–H groups in total. The van der Waals surface area contributed by atoms with Crippen LogP contribution in [0.25, 0.3) is 0 Å². The molecule has 2 nitrogen and oxygen atoms in total. The van der Waals surface area contributed by atoms with E-state index in [1.807, 2.05) is 6.92 Å². The molecule has 2 aliphatic rings. The number of hydrogen-bond donors (Lipinski definition) is 1. The smallest absolute Gasteiger partial charge is 0.0872 e. The second kappa shape index (κ2) is 3.82. The van der Waals surface area contributed by atoms with E-state index in [1.54, 1.807) is 0 Å². The van der Waals surface area contributed by atoms with Crippen molar-refractivity contribution in [2.45, 2.75) is 57.6 Å². The van der Waals surface area contributed by atoms with Crippen molar-refractivity contribution in [2.75, 3.05) is 13.1 Å². The molecule has 0 aromatic carbocycles. The Bertz CT molecular complexity index is 194. The Balaban J connectivity index is 1.89. The molecule has 2 unspecified atom stereocenters. The summed E-state index contributed by atoms with van der Waals surface area (Å²) in [5, 5.41) is 9.73. The molecule has 1 saturated heterocycles. The molecule has 0 amide bonds.